The predicted octanol–water partition coefficient (Wildman–Crippen LogP) is 1.13. The predicted molar refractivity (Wildman–Crippen MR) is 53.0 cm³/mol. The quantitative estimate of drug-likeness (QED) is 0.602. The molecule has 0 aliphatic carbocycles. The fourth-order valence-electron chi connectivity index (χ4n) is 1.71. The number of hydrogen-bond acceptors (Lipinski definition) is 3. The van der Waals surface area contributed by atoms with Gasteiger partial charge in [0.15, 0.2) is 0 Å². The van der Waals surface area contributed by atoms with Crippen molar-refractivity contribution in [2.24, 2.45) is 0 Å². The molecule has 1 unspecified atom stereocenters. The van der Waals surface area contributed by atoms with Gasteiger partial charge in [-0.25, -0.2) is 0 Å². The Hall–Kier alpha value is -0.120. The molecule has 0 N–H and O–H groups in total. The van der Waals surface area contributed by atoms with Gasteiger partial charge in [-0.05, 0) is 32.9 Å². The van der Waals surface area contributed by atoms with Crippen LogP contribution in [0.15, 0.2) is 0 Å². The van der Waals surface area contributed by atoms with E-state index in [0.717, 1.165) is 26.2 Å². The maximum absolute atomic E-state index is 5.73. The van der Waals surface area contributed by atoms with Crippen molar-refractivity contribution in [1.29, 1.82) is 0 Å². The van der Waals surface area contributed by atoms with Crippen molar-refractivity contribution < 1.29 is 9.47 Å². The number of piperidine rings is 1. The van der Waals surface area contributed by atoms with Gasteiger partial charge in [0.2, 0.25) is 0 Å². The van der Waals surface area contributed by atoms with Gasteiger partial charge in [0, 0.05) is 26.9 Å². The minimum absolute atomic E-state index is 0.454. The number of likely N-dealkylation sites (N-methyl/N-ethyl adjacent to an activating group) is 1. The van der Waals surface area contributed by atoms with E-state index < -0.39 is 0 Å². The highest BCUT2D eigenvalue weighted by atomic mass is 16.5. The summed E-state index contributed by atoms with van der Waals surface area (Å²) in [5.41, 5.74) is 0. The van der Waals surface area contributed by atoms with Crippen LogP contribution in [-0.4, -0.2) is 51.5 Å². The van der Waals surface area contributed by atoms with Crippen LogP contribution in [0.5, 0.6) is 0 Å². The van der Waals surface area contributed by atoms with Crippen LogP contribution < -0.4 is 0 Å². The molecule has 0 spiro atoms. The molecule has 1 fully saturated rings. The Morgan fingerprint density at radius 3 is 2.92 bits per heavy atom. The second-order valence-corrected chi connectivity index (χ2v) is 3.74. The lowest BCUT2D eigenvalue weighted by Crippen LogP contribution is -2.37. The van der Waals surface area contributed by atoms with Crippen molar-refractivity contribution >= 4 is 0 Å². The lowest BCUT2D eigenvalue weighted by Gasteiger charge is -2.29. The number of hydrogen-bond donors (Lipinski definition) is 0. The standard InChI is InChI=1S/C10H21NO2/c1-11-6-3-5-10(9-11)13-8-4-7-12-2/h10H,3-9H2,1-2H3. The minimum Gasteiger partial charge on any atom is -0.385 e. The molecule has 13 heavy (non-hydrogen) atoms. The molecular weight excluding hydrogens is 166 g/mol. The number of ether oxygens (including phenoxy) is 2. The van der Waals surface area contributed by atoms with E-state index in [4.69, 9.17) is 9.47 Å². The van der Waals surface area contributed by atoms with Crippen LogP contribution in [0.1, 0.15) is 19.3 Å². The largest absolute Gasteiger partial charge is 0.385 e. The summed E-state index contributed by atoms with van der Waals surface area (Å²) in [6.07, 6.45) is 3.95. The molecule has 1 heterocycles. The average Bonchev–Trinajstić information content (AvgIpc) is 2.13. The third-order valence-electron chi connectivity index (χ3n) is 2.43. The maximum atomic E-state index is 5.73. The summed E-state index contributed by atoms with van der Waals surface area (Å²) >= 11 is 0. The number of methoxy groups -OCH3 is 1. The third-order valence-corrected chi connectivity index (χ3v) is 2.43. The van der Waals surface area contributed by atoms with Gasteiger partial charge < -0.3 is 14.4 Å². The van der Waals surface area contributed by atoms with Crippen LogP contribution in [0.4, 0.5) is 0 Å². The fourth-order valence-corrected chi connectivity index (χ4v) is 1.71. The highest BCUT2D eigenvalue weighted by molar-refractivity contribution is 4.70. The Morgan fingerprint density at radius 1 is 1.38 bits per heavy atom. The zero-order valence-electron chi connectivity index (χ0n) is 8.79. The van der Waals surface area contributed by atoms with Crippen LogP contribution in [0.2, 0.25) is 0 Å². The van der Waals surface area contributed by atoms with E-state index in [1.165, 1.54) is 19.4 Å². The van der Waals surface area contributed by atoms with Crippen LogP contribution >= 0.6 is 0 Å². The molecule has 0 radical (unpaired) electrons. The molecule has 0 aromatic rings. The average molecular weight is 187 g/mol. The fraction of sp³-hybridized carbons (Fsp3) is 1.00. The van der Waals surface area contributed by atoms with E-state index in [0.29, 0.717) is 6.10 Å². The molecule has 0 aromatic carbocycles. The molecule has 1 rings (SSSR count). The molecule has 1 atom stereocenters. The molecule has 0 saturated carbocycles. The van der Waals surface area contributed by atoms with Crippen LogP contribution in [0.25, 0.3) is 0 Å². The minimum atomic E-state index is 0.454. The highest BCUT2D eigenvalue weighted by Gasteiger charge is 2.16. The second-order valence-electron chi connectivity index (χ2n) is 3.74. The molecule has 3 heteroatoms. The first-order valence-corrected chi connectivity index (χ1v) is 5.12. The molecule has 0 amide bonds. The van der Waals surface area contributed by atoms with Gasteiger partial charge in [-0.15, -0.1) is 0 Å². The first-order chi connectivity index (χ1) is 6.33. The highest BCUT2D eigenvalue weighted by Crippen LogP contribution is 2.11. The van der Waals surface area contributed by atoms with Crippen LogP contribution in [0, 0.1) is 0 Å². The van der Waals surface area contributed by atoms with Crippen molar-refractivity contribution in [3.05, 3.63) is 0 Å². The smallest absolute Gasteiger partial charge is 0.0702 e. The van der Waals surface area contributed by atoms with Crippen molar-refractivity contribution in [1.82, 2.24) is 4.90 Å². The van der Waals surface area contributed by atoms with Crippen molar-refractivity contribution in [2.45, 2.75) is 25.4 Å². The van der Waals surface area contributed by atoms with Gasteiger partial charge >= 0.3 is 0 Å². The summed E-state index contributed by atoms with van der Waals surface area (Å²) in [7, 11) is 3.89. The maximum Gasteiger partial charge on any atom is 0.0702 e. The van der Waals surface area contributed by atoms with Crippen molar-refractivity contribution in [3.8, 4) is 0 Å². The van der Waals surface area contributed by atoms with Crippen molar-refractivity contribution in [2.75, 3.05) is 40.5 Å². The lowest BCUT2D eigenvalue weighted by atomic mass is 10.1. The number of nitrogens with zero attached hydrogens (tertiary/aromatic N) is 1. The third kappa shape index (κ3) is 4.60. The lowest BCUT2D eigenvalue weighted by molar-refractivity contribution is -0.000936. The van der Waals surface area contributed by atoms with Gasteiger partial charge in [-0.2, -0.15) is 0 Å². The van der Waals surface area contributed by atoms with Gasteiger partial charge in [-0.3, -0.25) is 0 Å². The number of rotatable bonds is 5. The zero-order valence-corrected chi connectivity index (χ0v) is 8.79. The van der Waals surface area contributed by atoms with E-state index in [-0.39, 0.29) is 0 Å². The Morgan fingerprint density at radius 2 is 2.23 bits per heavy atom. The van der Waals surface area contributed by atoms with Crippen LogP contribution in [0.3, 0.4) is 0 Å². The first-order valence-electron chi connectivity index (χ1n) is 5.12. The Labute approximate surface area is 81.0 Å². The molecule has 3 nitrogen and oxygen atoms in total. The van der Waals surface area contributed by atoms with E-state index in [2.05, 4.69) is 11.9 Å². The van der Waals surface area contributed by atoms with Crippen LogP contribution in [-0.2, 0) is 9.47 Å². The van der Waals surface area contributed by atoms with E-state index in [1.807, 2.05) is 0 Å². The summed E-state index contributed by atoms with van der Waals surface area (Å²) in [6, 6.07) is 0. The molecule has 78 valence electrons. The van der Waals surface area contributed by atoms with Gasteiger partial charge in [0.25, 0.3) is 0 Å². The Kier molecular flexibility index (Phi) is 5.35. The van der Waals surface area contributed by atoms with E-state index >= 15 is 0 Å². The Balaban J connectivity index is 2.00. The van der Waals surface area contributed by atoms with Gasteiger partial charge in [0.05, 0.1) is 6.10 Å². The Bertz CT molecular complexity index is 130. The van der Waals surface area contributed by atoms with E-state index in [9.17, 15) is 0 Å². The summed E-state index contributed by atoms with van der Waals surface area (Å²) in [5, 5.41) is 0. The number of likely N-dealkylation sites (tertiary alicyclic amines) is 1. The SMILES string of the molecule is COCCCOC1CCCN(C)C1. The van der Waals surface area contributed by atoms with Crippen molar-refractivity contribution in [3.63, 3.8) is 0 Å². The summed E-state index contributed by atoms with van der Waals surface area (Å²) in [5.74, 6) is 0. The summed E-state index contributed by atoms with van der Waals surface area (Å²) in [6.45, 7) is 3.96. The molecular formula is C10H21NO2. The van der Waals surface area contributed by atoms with Gasteiger partial charge in [0.1, 0.15) is 0 Å². The summed E-state index contributed by atoms with van der Waals surface area (Å²) in [4.78, 5) is 2.34. The molecule has 1 aliphatic heterocycles. The molecule has 1 aliphatic rings. The molecule has 0 bridgehead atoms. The first kappa shape index (κ1) is 11.0. The normalized spacial score (nSPS) is 24.9. The monoisotopic (exact) mass is 187 g/mol. The zero-order chi connectivity index (χ0) is 9.52. The summed E-state index contributed by atoms with van der Waals surface area (Å²) < 4.78 is 10.7. The molecule has 0 aromatic heterocycles. The molecule has 1 saturated heterocycles. The second kappa shape index (κ2) is 6.35. The topological polar surface area (TPSA) is 21.7 Å². The van der Waals surface area contributed by atoms with Gasteiger partial charge in [-0.1, -0.05) is 0 Å². The van der Waals surface area contributed by atoms with E-state index in [1.54, 1.807) is 7.11 Å².